The Morgan fingerprint density at radius 1 is 1.10 bits per heavy atom. The van der Waals surface area contributed by atoms with Crippen LogP contribution in [0.15, 0.2) is 54.1 Å². The summed E-state index contributed by atoms with van der Waals surface area (Å²) in [5.41, 5.74) is 1.62. The molecule has 0 bridgehead atoms. The number of aliphatic hydroxyl groups is 2. The third-order valence-corrected chi connectivity index (χ3v) is 4.84. The monoisotopic (exact) mass is 396 g/mol. The van der Waals surface area contributed by atoms with Crippen LogP contribution in [-0.4, -0.2) is 44.9 Å². The third kappa shape index (κ3) is 3.88. The zero-order valence-corrected chi connectivity index (χ0v) is 15.7. The first-order valence-corrected chi connectivity index (χ1v) is 9.05. The van der Waals surface area contributed by atoms with Gasteiger partial charge in [-0.1, -0.05) is 29.8 Å². The fraction of sp³-hybridized carbons (Fsp3) is 0.238. The van der Waals surface area contributed by atoms with Crippen LogP contribution in [0, 0.1) is 17.0 Å². The van der Waals surface area contributed by atoms with E-state index in [1.807, 2.05) is 6.92 Å². The number of rotatable bonds is 6. The summed E-state index contributed by atoms with van der Waals surface area (Å²) in [7, 11) is 0. The number of nitro benzene ring substituents is 1. The van der Waals surface area contributed by atoms with Crippen LogP contribution in [0.5, 0.6) is 0 Å². The molecule has 2 N–H and O–H groups in total. The van der Waals surface area contributed by atoms with Crippen LogP contribution in [0.3, 0.4) is 0 Å². The van der Waals surface area contributed by atoms with Crippen molar-refractivity contribution in [1.82, 2.24) is 4.90 Å². The molecule has 1 atom stereocenters. The molecule has 2 aromatic carbocycles. The summed E-state index contributed by atoms with van der Waals surface area (Å²) < 4.78 is 0. The molecule has 0 spiro atoms. The molecule has 8 heteroatoms. The summed E-state index contributed by atoms with van der Waals surface area (Å²) in [4.78, 5) is 37.0. The average molecular weight is 396 g/mol. The Bertz CT molecular complexity index is 979. The Labute approximate surface area is 166 Å². The lowest BCUT2D eigenvalue weighted by atomic mass is 9.95. The van der Waals surface area contributed by atoms with Gasteiger partial charge in [0.05, 0.1) is 16.5 Å². The van der Waals surface area contributed by atoms with Crippen LogP contribution >= 0.6 is 0 Å². The second-order valence-electron chi connectivity index (χ2n) is 6.78. The van der Waals surface area contributed by atoms with Gasteiger partial charge in [0.25, 0.3) is 17.4 Å². The number of carbonyl (C=O) groups excluding carboxylic acids is 2. The minimum absolute atomic E-state index is 0.0781. The van der Waals surface area contributed by atoms with Crippen LogP contribution in [-0.2, 0) is 9.59 Å². The first kappa shape index (κ1) is 20.2. The molecule has 8 nitrogen and oxygen atoms in total. The number of hydrogen-bond donors (Lipinski definition) is 2. The van der Waals surface area contributed by atoms with Gasteiger partial charge in [-0.25, -0.2) is 0 Å². The molecule has 1 saturated heterocycles. The van der Waals surface area contributed by atoms with Crippen molar-refractivity contribution in [2.45, 2.75) is 19.4 Å². The molecular weight excluding hydrogens is 376 g/mol. The fourth-order valence-corrected chi connectivity index (χ4v) is 3.34. The van der Waals surface area contributed by atoms with Crippen LogP contribution in [0.4, 0.5) is 5.69 Å². The van der Waals surface area contributed by atoms with E-state index in [-0.39, 0.29) is 36.6 Å². The fourth-order valence-electron chi connectivity index (χ4n) is 3.34. The Hall–Kier alpha value is -3.52. The van der Waals surface area contributed by atoms with Crippen molar-refractivity contribution in [3.8, 4) is 0 Å². The van der Waals surface area contributed by atoms with Gasteiger partial charge in [-0.05, 0) is 31.0 Å². The number of hydrogen-bond acceptors (Lipinski definition) is 6. The molecule has 1 unspecified atom stereocenters. The van der Waals surface area contributed by atoms with Crippen molar-refractivity contribution in [1.29, 1.82) is 0 Å². The molecule has 150 valence electrons. The number of ketones is 1. The molecule has 1 amide bonds. The van der Waals surface area contributed by atoms with Crippen molar-refractivity contribution in [3.63, 3.8) is 0 Å². The van der Waals surface area contributed by atoms with Crippen LogP contribution in [0.25, 0.3) is 5.76 Å². The lowest BCUT2D eigenvalue weighted by molar-refractivity contribution is -0.384. The number of nitrogens with zero attached hydrogens (tertiary/aromatic N) is 2. The van der Waals surface area contributed by atoms with Crippen molar-refractivity contribution in [3.05, 3.63) is 80.9 Å². The minimum Gasteiger partial charge on any atom is -0.507 e. The Morgan fingerprint density at radius 3 is 2.28 bits per heavy atom. The molecule has 3 rings (SSSR count). The number of nitro groups is 1. The number of Topliss-reactive ketones (excluding diaryl/α,β-unsaturated/α-hetero) is 1. The van der Waals surface area contributed by atoms with E-state index in [2.05, 4.69) is 0 Å². The Balaban J connectivity index is 2.14. The van der Waals surface area contributed by atoms with Gasteiger partial charge < -0.3 is 15.1 Å². The first-order valence-electron chi connectivity index (χ1n) is 9.05. The number of amides is 1. The molecule has 0 saturated carbocycles. The van der Waals surface area contributed by atoms with E-state index in [1.54, 1.807) is 24.3 Å². The largest absolute Gasteiger partial charge is 0.507 e. The molecule has 0 aromatic heterocycles. The van der Waals surface area contributed by atoms with Gasteiger partial charge in [0, 0.05) is 30.8 Å². The number of aryl methyl sites for hydroxylation is 1. The molecule has 1 heterocycles. The van der Waals surface area contributed by atoms with E-state index in [9.17, 15) is 24.8 Å². The van der Waals surface area contributed by atoms with E-state index in [0.717, 1.165) is 5.56 Å². The van der Waals surface area contributed by atoms with E-state index >= 15 is 0 Å². The predicted molar refractivity (Wildman–Crippen MR) is 105 cm³/mol. The minimum atomic E-state index is -0.899. The van der Waals surface area contributed by atoms with Crippen molar-refractivity contribution in [2.24, 2.45) is 0 Å². The predicted octanol–water partition coefficient (Wildman–Crippen LogP) is 2.71. The van der Waals surface area contributed by atoms with Gasteiger partial charge in [-0.2, -0.15) is 0 Å². The standard InChI is InChI=1S/C21H20N2O6/c1-13-3-5-15(6-4-13)19(25)17-18(14-7-9-16(10-8-14)23(28)29)22(11-2-12-24)21(27)20(17)26/h3-10,18,24-25H,2,11-12H2,1H3/b19-17-. The van der Waals surface area contributed by atoms with E-state index in [4.69, 9.17) is 5.11 Å². The average Bonchev–Trinajstić information content (AvgIpc) is 2.97. The Kier molecular flexibility index (Phi) is 5.74. The van der Waals surface area contributed by atoms with E-state index in [0.29, 0.717) is 11.1 Å². The third-order valence-electron chi connectivity index (χ3n) is 4.84. The second-order valence-corrected chi connectivity index (χ2v) is 6.78. The van der Waals surface area contributed by atoms with Crippen molar-refractivity contribution >= 4 is 23.1 Å². The van der Waals surface area contributed by atoms with Gasteiger partial charge in [0.15, 0.2) is 0 Å². The molecule has 0 radical (unpaired) electrons. The summed E-state index contributed by atoms with van der Waals surface area (Å²) >= 11 is 0. The zero-order valence-electron chi connectivity index (χ0n) is 15.7. The summed E-state index contributed by atoms with van der Waals surface area (Å²) in [6.45, 7) is 1.82. The second kappa shape index (κ2) is 8.24. The van der Waals surface area contributed by atoms with E-state index in [1.165, 1.54) is 29.2 Å². The summed E-state index contributed by atoms with van der Waals surface area (Å²) in [6, 6.07) is 11.4. The first-order chi connectivity index (χ1) is 13.8. The summed E-state index contributed by atoms with van der Waals surface area (Å²) in [6.07, 6.45) is 0.251. The molecular formula is C21H20N2O6. The zero-order chi connectivity index (χ0) is 21.1. The number of aliphatic hydroxyl groups excluding tert-OH is 2. The molecule has 2 aromatic rings. The smallest absolute Gasteiger partial charge is 0.295 e. The van der Waals surface area contributed by atoms with Crippen LogP contribution in [0.2, 0.25) is 0 Å². The van der Waals surface area contributed by atoms with Gasteiger partial charge >= 0.3 is 0 Å². The highest BCUT2D eigenvalue weighted by Crippen LogP contribution is 2.39. The molecule has 29 heavy (non-hydrogen) atoms. The number of non-ortho nitro benzene ring substituents is 1. The maximum absolute atomic E-state index is 12.7. The SMILES string of the molecule is Cc1ccc(/C(O)=C2/C(=O)C(=O)N(CCCO)C2c2ccc([N+](=O)[O-])cc2)cc1. The summed E-state index contributed by atoms with van der Waals surface area (Å²) in [5.74, 6) is -1.92. The Morgan fingerprint density at radius 2 is 1.72 bits per heavy atom. The molecule has 1 aliphatic heterocycles. The highest BCUT2D eigenvalue weighted by molar-refractivity contribution is 6.46. The normalized spacial score (nSPS) is 18.3. The summed E-state index contributed by atoms with van der Waals surface area (Å²) in [5, 5.41) is 30.9. The van der Waals surface area contributed by atoms with Crippen LogP contribution in [0.1, 0.15) is 29.2 Å². The maximum Gasteiger partial charge on any atom is 0.295 e. The van der Waals surface area contributed by atoms with E-state index < -0.39 is 22.7 Å². The lowest BCUT2D eigenvalue weighted by Gasteiger charge is -2.25. The lowest BCUT2D eigenvalue weighted by Crippen LogP contribution is -2.31. The quantitative estimate of drug-likeness (QED) is 0.255. The number of likely N-dealkylation sites (tertiary alicyclic amines) is 1. The van der Waals surface area contributed by atoms with Crippen molar-refractivity contribution in [2.75, 3.05) is 13.2 Å². The van der Waals surface area contributed by atoms with Gasteiger partial charge in [-0.15, -0.1) is 0 Å². The number of benzene rings is 2. The molecule has 1 fully saturated rings. The topological polar surface area (TPSA) is 121 Å². The highest BCUT2D eigenvalue weighted by Gasteiger charge is 2.45. The van der Waals surface area contributed by atoms with Gasteiger partial charge in [0.1, 0.15) is 5.76 Å². The van der Waals surface area contributed by atoms with Crippen LogP contribution < -0.4 is 0 Å². The molecule has 1 aliphatic rings. The van der Waals surface area contributed by atoms with Gasteiger partial charge in [-0.3, -0.25) is 19.7 Å². The van der Waals surface area contributed by atoms with Crippen molar-refractivity contribution < 1.29 is 24.7 Å². The number of carbonyl (C=O) groups is 2. The van der Waals surface area contributed by atoms with Gasteiger partial charge in [0.2, 0.25) is 0 Å². The highest BCUT2D eigenvalue weighted by atomic mass is 16.6. The maximum atomic E-state index is 12.7. The molecule has 0 aliphatic carbocycles.